The van der Waals surface area contributed by atoms with Crippen LogP contribution in [-0.4, -0.2) is 52.0 Å². The van der Waals surface area contributed by atoms with Crippen LogP contribution >= 0.6 is 0 Å². The smallest absolute Gasteiger partial charge is 0.276 e. The summed E-state index contributed by atoms with van der Waals surface area (Å²) in [6.45, 7) is 5.31. The molecule has 1 aromatic carbocycles. The fourth-order valence-electron chi connectivity index (χ4n) is 3.30. The Balaban J connectivity index is 1.78. The molecule has 0 unspecified atom stereocenters. The second kappa shape index (κ2) is 8.22. The summed E-state index contributed by atoms with van der Waals surface area (Å²) in [5.41, 5.74) is 8.07. The van der Waals surface area contributed by atoms with E-state index in [9.17, 15) is 4.79 Å². The van der Waals surface area contributed by atoms with Crippen molar-refractivity contribution in [2.75, 3.05) is 26.2 Å². The summed E-state index contributed by atoms with van der Waals surface area (Å²) in [5, 5.41) is 11.8. The van der Waals surface area contributed by atoms with Gasteiger partial charge in [-0.15, -0.1) is 5.10 Å². The highest BCUT2D eigenvalue weighted by molar-refractivity contribution is 5.93. The molecule has 0 bridgehead atoms. The molecule has 3 rings (SSSR count). The van der Waals surface area contributed by atoms with Crippen molar-refractivity contribution in [2.45, 2.75) is 32.4 Å². The van der Waals surface area contributed by atoms with Crippen LogP contribution in [0.2, 0.25) is 0 Å². The van der Waals surface area contributed by atoms with Crippen LogP contribution in [0.3, 0.4) is 0 Å². The van der Waals surface area contributed by atoms with Gasteiger partial charge in [-0.1, -0.05) is 35.5 Å². The highest BCUT2D eigenvalue weighted by atomic mass is 16.2. The van der Waals surface area contributed by atoms with Gasteiger partial charge in [0.15, 0.2) is 5.69 Å². The Morgan fingerprint density at radius 1 is 1.32 bits per heavy atom. The van der Waals surface area contributed by atoms with Gasteiger partial charge in [0.1, 0.15) is 0 Å². The minimum atomic E-state index is -0.105. The predicted molar refractivity (Wildman–Crippen MR) is 96.1 cm³/mol. The summed E-state index contributed by atoms with van der Waals surface area (Å²) in [5.74, 6) is -0.105. The second-order valence-electron chi connectivity index (χ2n) is 6.45. The van der Waals surface area contributed by atoms with Crippen molar-refractivity contribution >= 4 is 5.91 Å². The Hall–Kier alpha value is -2.25. The number of piperidine rings is 1. The van der Waals surface area contributed by atoms with Gasteiger partial charge in [-0.2, -0.15) is 0 Å². The maximum atomic E-state index is 13.0. The third-order valence-electron chi connectivity index (χ3n) is 4.69. The van der Waals surface area contributed by atoms with E-state index >= 15 is 0 Å². The Morgan fingerprint density at radius 2 is 2.04 bits per heavy atom. The first kappa shape index (κ1) is 17.6. The molecule has 3 N–H and O–H groups in total. The molecule has 7 heteroatoms. The lowest BCUT2D eigenvalue weighted by Crippen LogP contribution is -2.35. The number of nitrogens with two attached hydrogens (primary N) is 1. The van der Waals surface area contributed by atoms with Gasteiger partial charge in [0.2, 0.25) is 0 Å². The van der Waals surface area contributed by atoms with E-state index in [1.807, 2.05) is 41.9 Å². The van der Waals surface area contributed by atoms with E-state index in [2.05, 4.69) is 15.6 Å². The van der Waals surface area contributed by atoms with Gasteiger partial charge in [-0.3, -0.25) is 4.79 Å². The monoisotopic (exact) mass is 342 g/mol. The number of benzene rings is 1. The van der Waals surface area contributed by atoms with Crippen molar-refractivity contribution in [1.82, 2.24) is 25.2 Å². The first-order chi connectivity index (χ1) is 12.2. The average molecular weight is 342 g/mol. The molecule has 1 aliphatic heterocycles. The molecule has 0 saturated carbocycles. The van der Waals surface area contributed by atoms with Gasteiger partial charge in [-0.25, -0.2) is 4.68 Å². The van der Waals surface area contributed by atoms with Crippen LogP contribution < -0.4 is 11.1 Å². The van der Waals surface area contributed by atoms with Gasteiger partial charge >= 0.3 is 0 Å². The van der Waals surface area contributed by atoms with Gasteiger partial charge in [0.05, 0.1) is 11.7 Å². The normalized spacial score (nSPS) is 15.3. The minimum Gasteiger partial charge on any atom is -0.332 e. The number of carbonyl (C=O) groups is 1. The molecule has 134 valence electrons. The standard InChI is InChI=1S/C18H26N6O/c1-14-17(21-22-24(14)16-7-10-20-11-8-16)18(25)23(12-9-19)13-15-5-3-2-4-6-15/h2-6,16,20H,7-13,19H2,1H3. The minimum absolute atomic E-state index is 0.105. The zero-order valence-corrected chi connectivity index (χ0v) is 14.7. The largest absolute Gasteiger partial charge is 0.332 e. The molecule has 0 atom stereocenters. The maximum absolute atomic E-state index is 13.0. The molecule has 25 heavy (non-hydrogen) atoms. The molecule has 1 fully saturated rings. The summed E-state index contributed by atoms with van der Waals surface area (Å²) < 4.78 is 1.91. The third-order valence-corrected chi connectivity index (χ3v) is 4.69. The van der Waals surface area contributed by atoms with Crippen molar-refractivity contribution in [3.05, 3.63) is 47.3 Å². The number of amides is 1. The van der Waals surface area contributed by atoms with E-state index in [1.165, 1.54) is 0 Å². The predicted octanol–water partition coefficient (Wildman–Crippen LogP) is 1.11. The fraction of sp³-hybridized carbons (Fsp3) is 0.500. The van der Waals surface area contributed by atoms with Crippen molar-refractivity contribution in [2.24, 2.45) is 5.73 Å². The first-order valence-electron chi connectivity index (χ1n) is 8.86. The SMILES string of the molecule is Cc1c(C(=O)N(CCN)Cc2ccccc2)nnn1C1CCNCC1. The van der Waals surface area contributed by atoms with E-state index in [-0.39, 0.29) is 5.91 Å². The van der Waals surface area contributed by atoms with Crippen LogP contribution in [0.15, 0.2) is 30.3 Å². The summed E-state index contributed by atoms with van der Waals surface area (Å²) in [6, 6.07) is 10.2. The van der Waals surface area contributed by atoms with Crippen LogP contribution in [0.4, 0.5) is 0 Å². The van der Waals surface area contributed by atoms with Gasteiger partial charge < -0.3 is 16.0 Å². The van der Waals surface area contributed by atoms with Gasteiger partial charge in [-0.05, 0) is 38.4 Å². The number of carbonyl (C=O) groups excluding carboxylic acids is 1. The number of nitrogens with one attached hydrogen (secondary N) is 1. The number of hydrogen-bond acceptors (Lipinski definition) is 5. The quantitative estimate of drug-likeness (QED) is 0.821. The molecule has 7 nitrogen and oxygen atoms in total. The summed E-state index contributed by atoms with van der Waals surface area (Å²) in [7, 11) is 0. The van der Waals surface area contributed by atoms with Crippen LogP contribution in [0.1, 0.15) is 40.6 Å². The van der Waals surface area contributed by atoms with Crippen LogP contribution in [0, 0.1) is 6.92 Å². The highest BCUT2D eigenvalue weighted by Crippen LogP contribution is 2.21. The molecule has 0 spiro atoms. The van der Waals surface area contributed by atoms with Crippen LogP contribution in [0.25, 0.3) is 0 Å². The lowest BCUT2D eigenvalue weighted by Gasteiger charge is -2.24. The van der Waals surface area contributed by atoms with Gasteiger partial charge in [0.25, 0.3) is 5.91 Å². The first-order valence-corrected chi connectivity index (χ1v) is 8.86. The maximum Gasteiger partial charge on any atom is 0.276 e. The number of nitrogens with zero attached hydrogens (tertiary/aromatic N) is 4. The van der Waals surface area contributed by atoms with Crippen molar-refractivity contribution in [1.29, 1.82) is 0 Å². The van der Waals surface area contributed by atoms with Crippen molar-refractivity contribution in [3.63, 3.8) is 0 Å². The summed E-state index contributed by atoms with van der Waals surface area (Å²) in [4.78, 5) is 14.7. The molecule has 0 radical (unpaired) electrons. The van der Waals surface area contributed by atoms with Crippen molar-refractivity contribution < 1.29 is 4.79 Å². The van der Waals surface area contributed by atoms with E-state index < -0.39 is 0 Å². The number of hydrogen-bond donors (Lipinski definition) is 2. The fourth-order valence-corrected chi connectivity index (χ4v) is 3.30. The van der Waals surface area contributed by atoms with E-state index in [0.29, 0.717) is 31.4 Å². The van der Waals surface area contributed by atoms with E-state index in [0.717, 1.165) is 37.2 Å². The van der Waals surface area contributed by atoms with Crippen molar-refractivity contribution in [3.8, 4) is 0 Å². The molecule has 1 aromatic heterocycles. The summed E-state index contributed by atoms with van der Waals surface area (Å²) >= 11 is 0. The molecular formula is C18H26N6O. The summed E-state index contributed by atoms with van der Waals surface area (Å²) in [6.07, 6.45) is 2.02. The zero-order valence-electron chi connectivity index (χ0n) is 14.7. The topological polar surface area (TPSA) is 89.1 Å². The Labute approximate surface area is 148 Å². The molecule has 1 aliphatic rings. The van der Waals surface area contributed by atoms with Crippen LogP contribution in [-0.2, 0) is 6.54 Å². The molecule has 1 saturated heterocycles. The van der Waals surface area contributed by atoms with Gasteiger partial charge in [0, 0.05) is 19.6 Å². The Kier molecular flexibility index (Phi) is 5.78. The second-order valence-corrected chi connectivity index (χ2v) is 6.45. The lowest BCUT2D eigenvalue weighted by molar-refractivity contribution is 0.0741. The van der Waals surface area contributed by atoms with E-state index in [4.69, 9.17) is 5.73 Å². The third kappa shape index (κ3) is 4.05. The number of rotatable bonds is 6. The molecule has 1 amide bonds. The zero-order chi connectivity index (χ0) is 17.6. The molecular weight excluding hydrogens is 316 g/mol. The lowest BCUT2D eigenvalue weighted by atomic mass is 10.1. The number of aromatic nitrogens is 3. The Morgan fingerprint density at radius 3 is 2.72 bits per heavy atom. The molecule has 0 aliphatic carbocycles. The molecule has 2 heterocycles. The van der Waals surface area contributed by atoms with Crippen LogP contribution in [0.5, 0.6) is 0 Å². The average Bonchev–Trinajstić information content (AvgIpc) is 3.04. The Bertz CT molecular complexity index is 693. The highest BCUT2D eigenvalue weighted by Gasteiger charge is 2.25. The molecule has 2 aromatic rings. The van der Waals surface area contributed by atoms with E-state index in [1.54, 1.807) is 4.90 Å².